The molecule has 5 heteroatoms. The number of nitrogens with one attached hydrogen (secondary N) is 1. The topological polar surface area (TPSA) is 51.2 Å². The summed E-state index contributed by atoms with van der Waals surface area (Å²) in [4.78, 5) is 17.9. The Morgan fingerprint density at radius 3 is 3.20 bits per heavy atom. The molecule has 1 N–H and O–H groups in total. The largest absolute Gasteiger partial charge is 0.378 e. The molecule has 0 radical (unpaired) electrons. The predicted octanol–water partition coefficient (Wildman–Crippen LogP) is 3.17. The van der Waals surface area contributed by atoms with E-state index in [-0.39, 0.29) is 12.0 Å². The Balaban J connectivity index is 1.51. The Bertz CT molecular complexity index is 480. The van der Waals surface area contributed by atoms with Crippen LogP contribution in [0.1, 0.15) is 49.6 Å². The molecule has 0 spiro atoms. The molecule has 1 aromatic heterocycles. The van der Waals surface area contributed by atoms with Crippen LogP contribution in [0.25, 0.3) is 0 Å². The van der Waals surface area contributed by atoms with E-state index in [0.29, 0.717) is 6.42 Å². The lowest BCUT2D eigenvalue weighted by Gasteiger charge is -2.15. The van der Waals surface area contributed by atoms with Gasteiger partial charge < -0.3 is 10.1 Å². The van der Waals surface area contributed by atoms with E-state index in [2.05, 4.69) is 17.2 Å². The van der Waals surface area contributed by atoms with Gasteiger partial charge in [0.1, 0.15) is 0 Å². The summed E-state index contributed by atoms with van der Waals surface area (Å²) in [6.45, 7) is 3.13. The third-order valence-electron chi connectivity index (χ3n) is 4.15. The number of fused-ring (bicyclic) bond motifs is 1. The molecule has 1 aromatic rings. The second-order valence-electron chi connectivity index (χ2n) is 5.96. The zero-order chi connectivity index (χ0) is 13.9. The van der Waals surface area contributed by atoms with Crippen molar-refractivity contribution in [3.8, 4) is 0 Å². The van der Waals surface area contributed by atoms with Gasteiger partial charge in [0.05, 0.1) is 11.8 Å². The standard InChI is InChI=1S/C15H22N2O2S/c1-10-4-6-12-13(9-10)20-15(16-12)17-14(18)7-5-11-3-2-8-19-11/h10-11H,2-9H2,1H3,(H,16,17,18)/t10-,11+/m0/s1. The van der Waals surface area contributed by atoms with E-state index in [4.69, 9.17) is 4.74 Å². The first-order valence-corrected chi connectivity index (χ1v) is 8.42. The summed E-state index contributed by atoms with van der Waals surface area (Å²) in [5, 5.41) is 3.73. The van der Waals surface area contributed by atoms with Crippen molar-refractivity contribution in [1.82, 2.24) is 4.98 Å². The Hall–Kier alpha value is -0.940. The summed E-state index contributed by atoms with van der Waals surface area (Å²) in [5.74, 6) is 0.811. The maximum absolute atomic E-state index is 11.9. The first-order chi connectivity index (χ1) is 9.70. The zero-order valence-corrected chi connectivity index (χ0v) is 12.8. The summed E-state index contributed by atoms with van der Waals surface area (Å²) < 4.78 is 5.54. The van der Waals surface area contributed by atoms with Crippen LogP contribution in [0.4, 0.5) is 5.13 Å². The molecule has 1 aliphatic carbocycles. The van der Waals surface area contributed by atoms with Crippen LogP contribution >= 0.6 is 11.3 Å². The number of hydrogen-bond donors (Lipinski definition) is 1. The minimum Gasteiger partial charge on any atom is -0.378 e. The van der Waals surface area contributed by atoms with E-state index in [1.807, 2.05) is 0 Å². The van der Waals surface area contributed by atoms with Gasteiger partial charge in [0.15, 0.2) is 5.13 Å². The van der Waals surface area contributed by atoms with E-state index in [1.165, 1.54) is 17.0 Å². The molecular weight excluding hydrogens is 272 g/mol. The number of carbonyl (C=O) groups excluding carboxylic acids is 1. The molecule has 0 bridgehead atoms. The van der Waals surface area contributed by atoms with Crippen LogP contribution < -0.4 is 5.32 Å². The van der Waals surface area contributed by atoms with Crippen molar-refractivity contribution in [3.05, 3.63) is 10.6 Å². The molecule has 1 saturated heterocycles. The Labute approximate surface area is 123 Å². The van der Waals surface area contributed by atoms with Crippen LogP contribution in [0, 0.1) is 5.92 Å². The molecule has 110 valence electrons. The predicted molar refractivity (Wildman–Crippen MR) is 80.1 cm³/mol. The Kier molecular flexibility index (Phi) is 4.36. The summed E-state index contributed by atoms with van der Waals surface area (Å²) in [6.07, 6.45) is 7.24. The fourth-order valence-electron chi connectivity index (χ4n) is 2.94. The van der Waals surface area contributed by atoms with Crippen LogP contribution in [-0.2, 0) is 22.4 Å². The third-order valence-corrected chi connectivity index (χ3v) is 5.19. The highest BCUT2D eigenvalue weighted by molar-refractivity contribution is 7.15. The van der Waals surface area contributed by atoms with Crippen molar-refractivity contribution in [3.63, 3.8) is 0 Å². The smallest absolute Gasteiger partial charge is 0.226 e. The van der Waals surface area contributed by atoms with Gasteiger partial charge in [0, 0.05) is 17.9 Å². The third kappa shape index (κ3) is 3.38. The number of aryl methyl sites for hydroxylation is 1. The molecule has 1 aliphatic heterocycles. The number of carbonyl (C=O) groups is 1. The number of rotatable bonds is 4. The van der Waals surface area contributed by atoms with Gasteiger partial charge in [-0.2, -0.15) is 0 Å². The van der Waals surface area contributed by atoms with Gasteiger partial charge in [-0.15, -0.1) is 11.3 Å². The highest BCUT2D eigenvalue weighted by atomic mass is 32.1. The van der Waals surface area contributed by atoms with Gasteiger partial charge in [0.2, 0.25) is 5.91 Å². The van der Waals surface area contributed by atoms with Crippen LogP contribution in [0.2, 0.25) is 0 Å². The summed E-state index contributed by atoms with van der Waals surface area (Å²) in [7, 11) is 0. The number of amides is 1. The second-order valence-corrected chi connectivity index (χ2v) is 7.04. The Morgan fingerprint density at radius 2 is 2.40 bits per heavy atom. The molecule has 2 aliphatic rings. The first kappa shape index (κ1) is 14.0. The minimum absolute atomic E-state index is 0.0691. The van der Waals surface area contributed by atoms with Gasteiger partial charge in [-0.3, -0.25) is 4.79 Å². The molecule has 2 atom stereocenters. The zero-order valence-electron chi connectivity index (χ0n) is 12.0. The normalized spacial score (nSPS) is 25.4. The average Bonchev–Trinajstić information content (AvgIpc) is 3.04. The van der Waals surface area contributed by atoms with Crippen LogP contribution in [0.5, 0.6) is 0 Å². The van der Waals surface area contributed by atoms with E-state index >= 15 is 0 Å². The lowest BCUT2D eigenvalue weighted by molar-refractivity contribution is -0.116. The fraction of sp³-hybridized carbons (Fsp3) is 0.733. The van der Waals surface area contributed by atoms with Crippen molar-refractivity contribution < 1.29 is 9.53 Å². The molecule has 0 unspecified atom stereocenters. The average molecular weight is 294 g/mol. The second kappa shape index (κ2) is 6.22. The monoisotopic (exact) mass is 294 g/mol. The van der Waals surface area contributed by atoms with Gasteiger partial charge in [-0.1, -0.05) is 6.92 Å². The Morgan fingerprint density at radius 1 is 1.50 bits per heavy atom. The maximum atomic E-state index is 11.9. The molecule has 0 saturated carbocycles. The van der Waals surface area contributed by atoms with Gasteiger partial charge in [-0.25, -0.2) is 4.98 Å². The number of anilines is 1. The van der Waals surface area contributed by atoms with Gasteiger partial charge in [-0.05, 0) is 44.4 Å². The molecule has 20 heavy (non-hydrogen) atoms. The summed E-state index contributed by atoms with van der Waals surface area (Å²) in [6, 6.07) is 0. The number of ether oxygens (including phenoxy) is 1. The number of aromatic nitrogens is 1. The fourth-order valence-corrected chi connectivity index (χ4v) is 4.13. The highest BCUT2D eigenvalue weighted by Gasteiger charge is 2.21. The van der Waals surface area contributed by atoms with Crippen molar-refractivity contribution in [2.24, 2.45) is 5.92 Å². The molecule has 2 heterocycles. The van der Waals surface area contributed by atoms with Gasteiger partial charge >= 0.3 is 0 Å². The molecule has 1 fully saturated rings. The first-order valence-electron chi connectivity index (χ1n) is 7.60. The van der Waals surface area contributed by atoms with Crippen molar-refractivity contribution in [2.75, 3.05) is 11.9 Å². The SMILES string of the molecule is C[C@H]1CCc2nc(NC(=O)CC[C@H]3CCCO3)sc2C1. The number of hydrogen-bond acceptors (Lipinski definition) is 4. The lowest BCUT2D eigenvalue weighted by atomic mass is 9.93. The number of nitrogens with zero attached hydrogens (tertiary/aromatic N) is 1. The molecular formula is C15H22N2O2S. The molecule has 0 aromatic carbocycles. The van der Waals surface area contributed by atoms with E-state index in [1.54, 1.807) is 11.3 Å². The lowest BCUT2D eigenvalue weighted by Crippen LogP contribution is -2.15. The molecule has 4 nitrogen and oxygen atoms in total. The van der Waals surface area contributed by atoms with Crippen molar-refractivity contribution in [2.45, 2.75) is 58.0 Å². The highest BCUT2D eigenvalue weighted by Crippen LogP contribution is 2.32. The van der Waals surface area contributed by atoms with Crippen molar-refractivity contribution >= 4 is 22.4 Å². The van der Waals surface area contributed by atoms with E-state index < -0.39 is 0 Å². The maximum Gasteiger partial charge on any atom is 0.226 e. The van der Waals surface area contributed by atoms with E-state index in [9.17, 15) is 4.79 Å². The quantitative estimate of drug-likeness (QED) is 0.928. The van der Waals surface area contributed by atoms with Crippen LogP contribution in [0.3, 0.4) is 0 Å². The minimum atomic E-state index is 0.0691. The van der Waals surface area contributed by atoms with Gasteiger partial charge in [0.25, 0.3) is 0 Å². The number of thiazole rings is 1. The van der Waals surface area contributed by atoms with Crippen LogP contribution in [-0.4, -0.2) is 23.6 Å². The van der Waals surface area contributed by atoms with Crippen molar-refractivity contribution in [1.29, 1.82) is 0 Å². The van der Waals surface area contributed by atoms with E-state index in [0.717, 1.165) is 49.8 Å². The summed E-state index contributed by atoms with van der Waals surface area (Å²) >= 11 is 1.65. The molecule has 3 rings (SSSR count). The summed E-state index contributed by atoms with van der Waals surface area (Å²) in [5.41, 5.74) is 1.20. The molecule has 1 amide bonds. The van der Waals surface area contributed by atoms with Crippen LogP contribution in [0.15, 0.2) is 0 Å².